The molecule has 0 aliphatic carbocycles. The molecule has 0 radical (unpaired) electrons. The second-order valence-electron chi connectivity index (χ2n) is 4.40. The van der Waals surface area contributed by atoms with Crippen molar-refractivity contribution in [3.05, 3.63) is 47.5 Å². The van der Waals surface area contributed by atoms with Gasteiger partial charge in [0, 0.05) is 0 Å². The molecule has 1 aromatic heterocycles. The molecule has 0 unspecified atom stereocenters. The second kappa shape index (κ2) is 5.32. The van der Waals surface area contributed by atoms with Gasteiger partial charge < -0.3 is 4.57 Å². The summed E-state index contributed by atoms with van der Waals surface area (Å²) in [5.74, 6) is 1.77. The maximum atomic E-state index is 5.78. The van der Waals surface area contributed by atoms with Crippen LogP contribution in [-0.2, 0) is 12.4 Å². The third-order valence-corrected chi connectivity index (χ3v) is 3.05. The molecule has 0 saturated carbocycles. The minimum absolute atomic E-state index is 0.393. The number of hydrogen-bond acceptors (Lipinski definition) is 2. The number of aromatic nitrogens is 3. The average molecular weight is 250 g/mol. The molecule has 90 valence electrons. The van der Waals surface area contributed by atoms with Gasteiger partial charge in [-0.15, -0.1) is 21.8 Å². The molecule has 0 spiro atoms. The van der Waals surface area contributed by atoms with E-state index in [1.54, 1.807) is 6.33 Å². The summed E-state index contributed by atoms with van der Waals surface area (Å²) in [6, 6.07) is 8.64. The van der Waals surface area contributed by atoms with Gasteiger partial charge in [-0.05, 0) is 17.0 Å². The highest BCUT2D eigenvalue weighted by Gasteiger charge is 2.04. The lowest BCUT2D eigenvalue weighted by molar-refractivity contribution is 0.753. The normalized spacial score (nSPS) is 11.1. The van der Waals surface area contributed by atoms with Crippen LogP contribution in [0.2, 0.25) is 0 Å². The van der Waals surface area contributed by atoms with E-state index in [0.717, 1.165) is 12.4 Å². The Kier molecular flexibility index (Phi) is 3.79. The number of alkyl halides is 1. The largest absolute Gasteiger partial charge is 0.312 e. The minimum atomic E-state index is 0.393. The predicted octanol–water partition coefficient (Wildman–Crippen LogP) is 3.19. The number of hydrogen-bond donors (Lipinski definition) is 0. The van der Waals surface area contributed by atoms with Crippen molar-refractivity contribution in [3.8, 4) is 0 Å². The summed E-state index contributed by atoms with van der Waals surface area (Å²) in [4.78, 5) is 0. The topological polar surface area (TPSA) is 30.7 Å². The lowest BCUT2D eigenvalue weighted by Gasteiger charge is -2.08. The predicted molar refractivity (Wildman–Crippen MR) is 69.2 cm³/mol. The standard InChI is InChI=1S/C13H16ClN3/c1-10(2)12-5-3-11(4-6-12)8-17-9-15-16-13(17)7-14/h3-6,9-10H,7-8H2,1-2H3. The lowest BCUT2D eigenvalue weighted by Crippen LogP contribution is -2.02. The molecule has 2 rings (SSSR count). The van der Waals surface area contributed by atoms with E-state index >= 15 is 0 Å². The average Bonchev–Trinajstić information content (AvgIpc) is 2.77. The zero-order valence-electron chi connectivity index (χ0n) is 10.1. The summed E-state index contributed by atoms with van der Waals surface area (Å²) in [5, 5.41) is 7.82. The van der Waals surface area contributed by atoms with Gasteiger partial charge in [0.1, 0.15) is 12.2 Å². The Morgan fingerprint density at radius 2 is 1.94 bits per heavy atom. The monoisotopic (exact) mass is 249 g/mol. The van der Waals surface area contributed by atoms with Crippen LogP contribution in [-0.4, -0.2) is 14.8 Å². The van der Waals surface area contributed by atoms with Gasteiger partial charge in [0.05, 0.1) is 12.4 Å². The summed E-state index contributed by atoms with van der Waals surface area (Å²) < 4.78 is 1.97. The van der Waals surface area contributed by atoms with Gasteiger partial charge in [0.15, 0.2) is 0 Å². The maximum Gasteiger partial charge on any atom is 0.148 e. The number of nitrogens with zero attached hydrogens (tertiary/aromatic N) is 3. The van der Waals surface area contributed by atoms with E-state index in [-0.39, 0.29) is 0 Å². The van der Waals surface area contributed by atoms with Gasteiger partial charge in [-0.25, -0.2) is 0 Å². The van der Waals surface area contributed by atoms with Crippen LogP contribution in [0.4, 0.5) is 0 Å². The van der Waals surface area contributed by atoms with E-state index in [2.05, 4.69) is 48.3 Å². The molecule has 4 heteroatoms. The van der Waals surface area contributed by atoms with Crippen LogP contribution in [0.3, 0.4) is 0 Å². The first-order valence-corrected chi connectivity index (χ1v) is 6.25. The molecule has 1 heterocycles. The van der Waals surface area contributed by atoms with Crippen LogP contribution >= 0.6 is 11.6 Å². The molecule has 0 amide bonds. The Bertz CT molecular complexity index is 474. The van der Waals surface area contributed by atoms with Crippen molar-refractivity contribution in [1.82, 2.24) is 14.8 Å². The Morgan fingerprint density at radius 1 is 1.24 bits per heavy atom. The van der Waals surface area contributed by atoms with E-state index in [4.69, 9.17) is 11.6 Å². The summed E-state index contributed by atoms with van der Waals surface area (Å²) in [5.41, 5.74) is 2.59. The van der Waals surface area contributed by atoms with Crippen molar-refractivity contribution < 1.29 is 0 Å². The fourth-order valence-corrected chi connectivity index (χ4v) is 1.93. The molecular weight excluding hydrogens is 234 g/mol. The Hall–Kier alpha value is -1.35. The molecule has 1 aromatic carbocycles. The highest BCUT2D eigenvalue weighted by Crippen LogP contribution is 2.15. The van der Waals surface area contributed by atoms with E-state index in [1.807, 2.05) is 4.57 Å². The third-order valence-electron chi connectivity index (χ3n) is 2.81. The molecule has 0 bridgehead atoms. The van der Waals surface area contributed by atoms with Crippen molar-refractivity contribution in [2.24, 2.45) is 0 Å². The van der Waals surface area contributed by atoms with Crippen LogP contribution in [0.25, 0.3) is 0 Å². The van der Waals surface area contributed by atoms with E-state index in [0.29, 0.717) is 11.8 Å². The molecule has 2 aromatic rings. The van der Waals surface area contributed by atoms with Gasteiger partial charge >= 0.3 is 0 Å². The van der Waals surface area contributed by atoms with E-state index in [1.165, 1.54) is 11.1 Å². The smallest absolute Gasteiger partial charge is 0.148 e. The van der Waals surface area contributed by atoms with Crippen molar-refractivity contribution in [2.45, 2.75) is 32.2 Å². The number of benzene rings is 1. The molecule has 3 nitrogen and oxygen atoms in total. The van der Waals surface area contributed by atoms with Crippen LogP contribution in [0, 0.1) is 0 Å². The Morgan fingerprint density at radius 3 is 2.53 bits per heavy atom. The summed E-state index contributed by atoms with van der Waals surface area (Å²) in [7, 11) is 0. The maximum absolute atomic E-state index is 5.78. The first-order chi connectivity index (χ1) is 8.20. The molecule has 17 heavy (non-hydrogen) atoms. The van der Waals surface area contributed by atoms with Crippen LogP contribution in [0.1, 0.15) is 36.7 Å². The van der Waals surface area contributed by atoms with Gasteiger partial charge in [-0.1, -0.05) is 38.1 Å². The SMILES string of the molecule is CC(C)c1ccc(Cn2cnnc2CCl)cc1. The summed E-state index contributed by atoms with van der Waals surface area (Å²) >= 11 is 5.78. The zero-order valence-corrected chi connectivity index (χ0v) is 10.9. The third kappa shape index (κ3) is 2.86. The van der Waals surface area contributed by atoms with Crippen LogP contribution < -0.4 is 0 Å². The lowest BCUT2D eigenvalue weighted by atomic mass is 10.0. The first-order valence-electron chi connectivity index (χ1n) is 5.72. The number of rotatable bonds is 4. The van der Waals surface area contributed by atoms with Gasteiger partial charge in [0.25, 0.3) is 0 Å². The van der Waals surface area contributed by atoms with Gasteiger partial charge in [-0.3, -0.25) is 0 Å². The number of halogens is 1. The molecule has 0 fully saturated rings. The molecular formula is C13H16ClN3. The van der Waals surface area contributed by atoms with Crippen LogP contribution in [0.15, 0.2) is 30.6 Å². The van der Waals surface area contributed by atoms with Gasteiger partial charge in [-0.2, -0.15) is 0 Å². The molecule has 0 atom stereocenters. The molecule has 0 aliphatic rings. The molecule has 0 aliphatic heterocycles. The second-order valence-corrected chi connectivity index (χ2v) is 4.67. The van der Waals surface area contributed by atoms with Crippen molar-refractivity contribution in [1.29, 1.82) is 0 Å². The quantitative estimate of drug-likeness (QED) is 0.780. The van der Waals surface area contributed by atoms with E-state index < -0.39 is 0 Å². The zero-order chi connectivity index (χ0) is 12.3. The Balaban J connectivity index is 2.14. The van der Waals surface area contributed by atoms with E-state index in [9.17, 15) is 0 Å². The minimum Gasteiger partial charge on any atom is -0.312 e. The summed E-state index contributed by atoms with van der Waals surface area (Å²) in [6.45, 7) is 5.16. The highest BCUT2D eigenvalue weighted by molar-refractivity contribution is 6.16. The molecule has 0 N–H and O–H groups in total. The van der Waals surface area contributed by atoms with Crippen LogP contribution in [0.5, 0.6) is 0 Å². The highest BCUT2D eigenvalue weighted by atomic mass is 35.5. The van der Waals surface area contributed by atoms with Gasteiger partial charge in [0.2, 0.25) is 0 Å². The first kappa shape index (κ1) is 12.1. The van der Waals surface area contributed by atoms with Crippen molar-refractivity contribution in [2.75, 3.05) is 0 Å². The van der Waals surface area contributed by atoms with Crippen molar-refractivity contribution >= 4 is 11.6 Å². The fourth-order valence-electron chi connectivity index (χ4n) is 1.72. The Labute approximate surface area is 106 Å². The molecule has 0 saturated heterocycles. The fraction of sp³-hybridized carbons (Fsp3) is 0.385. The van der Waals surface area contributed by atoms with Crippen molar-refractivity contribution in [3.63, 3.8) is 0 Å². The summed E-state index contributed by atoms with van der Waals surface area (Å²) in [6.07, 6.45) is 1.72.